The Hall–Kier alpha value is -1.82. The lowest BCUT2D eigenvalue weighted by Crippen LogP contribution is -2.32. The summed E-state index contributed by atoms with van der Waals surface area (Å²) in [6.45, 7) is 2.34. The highest BCUT2D eigenvalue weighted by atomic mass is 32.2. The minimum absolute atomic E-state index is 0.173. The van der Waals surface area contributed by atoms with Crippen LogP contribution in [0.3, 0.4) is 0 Å². The molecule has 0 bridgehead atoms. The molecule has 6 heteroatoms. The highest BCUT2D eigenvalue weighted by Gasteiger charge is 2.38. The highest BCUT2D eigenvalue weighted by molar-refractivity contribution is 8.15. The van der Waals surface area contributed by atoms with Crippen LogP contribution in [0.15, 0.2) is 35.3 Å². The van der Waals surface area contributed by atoms with Crippen LogP contribution in [0.25, 0.3) is 0 Å². The Morgan fingerprint density at radius 2 is 2.11 bits per heavy atom. The predicted octanol–water partition coefficient (Wildman–Crippen LogP) is 2.11. The zero-order valence-corrected chi connectivity index (χ0v) is 11.3. The van der Waals surface area contributed by atoms with Gasteiger partial charge in [0.25, 0.3) is 0 Å². The van der Waals surface area contributed by atoms with Crippen LogP contribution in [0.4, 0.5) is 5.69 Å². The minimum atomic E-state index is -0.970. The molecule has 0 unspecified atom stereocenters. The number of aliphatic imine (C=N–C) groups is 1. The zero-order chi connectivity index (χ0) is 13.8. The Bertz CT molecular complexity index is 516. The molecule has 1 atom stereocenters. The van der Waals surface area contributed by atoms with E-state index in [1.54, 1.807) is 0 Å². The van der Waals surface area contributed by atoms with Crippen LogP contribution in [0.1, 0.15) is 13.3 Å². The van der Waals surface area contributed by atoms with Gasteiger partial charge in [0, 0.05) is 6.54 Å². The van der Waals surface area contributed by atoms with Gasteiger partial charge in [0.1, 0.15) is 5.25 Å². The van der Waals surface area contributed by atoms with Gasteiger partial charge in [-0.15, -0.1) is 0 Å². The maximum atomic E-state index is 12.0. The van der Waals surface area contributed by atoms with Crippen LogP contribution >= 0.6 is 11.8 Å². The Balaban J connectivity index is 2.23. The normalized spacial score (nSPS) is 21.1. The second-order valence-corrected chi connectivity index (χ2v) is 5.19. The smallest absolute Gasteiger partial charge is 0.305 e. The van der Waals surface area contributed by atoms with Gasteiger partial charge in [0.05, 0.1) is 12.1 Å². The molecule has 1 N–H and O–H groups in total. The molecule has 0 saturated carbocycles. The van der Waals surface area contributed by atoms with E-state index in [1.807, 2.05) is 37.3 Å². The number of amides is 1. The molecule has 19 heavy (non-hydrogen) atoms. The first-order valence-corrected chi connectivity index (χ1v) is 6.83. The van der Waals surface area contributed by atoms with Crippen molar-refractivity contribution in [3.05, 3.63) is 30.3 Å². The van der Waals surface area contributed by atoms with E-state index in [-0.39, 0.29) is 12.3 Å². The zero-order valence-electron chi connectivity index (χ0n) is 10.4. The molecule has 1 fully saturated rings. The molecule has 1 aliphatic heterocycles. The van der Waals surface area contributed by atoms with Gasteiger partial charge in [0.2, 0.25) is 5.91 Å². The molecule has 0 aromatic heterocycles. The van der Waals surface area contributed by atoms with Crippen molar-refractivity contribution in [2.45, 2.75) is 18.6 Å². The Labute approximate surface area is 115 Å². The summed E-state index contributed by atoms with van der Waals surface area (Å²) >= 11 is 1.22. The molecule has 0 aliphatic carbocycles. The summed E-state index contributed by atoms with van der Waals surface area (Å²) in [7, 11) is 0. The number of nitrogens with zero attached hydrogens (tertiary/aromatic N) is 2. The molecule has 2 rings (SSSR count). The first-order valence-electron chi connectivity index (χ1n) is 5.95. The molecule has 1 heterocycles. The van der Waals surface area contributed by atoms with Crippen molar-refractivity contribution in [2.24, 2.45) is 4.99 Å². The standard InChI is InChI=1S/C13H14N2O3S/c1-2-15-12(18)10(8-11(16)17)19-13(15)14-9-6-4-3-5-7-9/h3-7,10H,2,8H2,1H3,(H,16,17)/t10-/m0/s1. The third kappa shape index (κ3) is 3.14. The number of carboxylic acids is 1. The van der Waals surface area contributed by atoms with Crippen LogP contribution in [-0.4, -0.2) is 38.8 Å². The topological polar surface area (TPSA) is 70.0 Å². The third-order valence-electron chi connectivity index (χ3n) is 2.68. The fourth-order valence-corrected chi connectivity index (χ4v) is 3.00. The van der Waals surface area contributed by atoms with Gasteiger partial charge >= 0.3 is 5.97 Å². The number of carbonyl (C=O) groups is 2. The third-order valence-corrected chi connectivity index (χ3v) is 3.85. The van der Waals surface area contributed by atoms with E-state index in [9.17, 15) is 9.59 Å². The van der Waals surface area contributed by atoms with Gasteiger partial charge in [-0.1, -0.05) is 30.0 Å². The van der Waals surface area contributed by atoms with E-state index in [2.05, 4.69) is 4.99 Å². The molecule has 1 aromatic rings. The number of rotatable bonds is 4. The van der Waals surface area contributed by atoms with Gasteiger partial charge in [-0.05, 0) is 19.1 Å². The summed E-state index contributed by atoms with van der Waals surface area (Å²) in [6.07, 6.45) is -0.173. The summed E-state index contributed by atoms with van der Waals surface area (Å²) in [6, 6.07) is 9.31. The molecular formula is C13H14N2O3S. The molecule has 1 aromatic carbocycles. The summed E-state index contributed by atoms with van der Waals surface area (Å²) in [5.74, 6) is -1.15. The van der Waals surface area contributed by atoms with E-state index in [1.165, 1.54) is 16.7 Å². The largest absolute Gasteiger partial charge is 0.481 e. The quantitative estimate of drug-likeness (QED) is 0.915. The van der Waals surface area contributed by atoms with E-state index >= 15 is 0 Å². The first-order chi connectivity index (χ1) is 9.11. The van der Waals surface area contributed by atoms with E-state index in [0.717, 1.165) is 5.69 Å². The summed E-state index contributed by atoms with van der Waals surface area (Å²) < 4.78 is 0. The van der Waals surface area contributed by atoms with Gasteiger partial charge < -0.3 is 5.11 Å². The van der Waals surface area contributed by atoms with Crippen LogP contribution in [-0.2, 0) is 9.59 Å². The number of hydrogen-bond donors (Lipinski definition) is 1. The lowest BCUT2D eigenvalue weighted by Gasteiger charge is -2.12. The fraction of sp³-hybridized carbons (Fsp3) is 0.308. The van der Waals surface area contributed by atoms with Gasteiger partial charge in [-0.2, -0.15) is 0 Å². The van der Waals surface area contributed by atoms with E-state index in [4.69, 9.17) is 5.11 Å². The van der Waals surface area contributed by atoms with Crippen molar-refractivity contribution in [2.75, 3.05) is 6.54 Å². The summed E-state index contributed by atoms with van der Waals surface area (Å²) in [5.41, 5.74) is 0.757. The Morgan fingerprint density at radius 3 is 2.68 bits per heavy atom. The van der Waals surface area contributed by atoms with Crippen molar-refractivity contribution in [3.8, 4) is 0 Å². The molecule has 1 amide bonds. The highest BCUT2D eigenvalue weighted by Crippen LogP contribution is 2.31. The van der Waals surface area contributed by atoms with Gasteiger partial charge in [-0.3, -0.25) is 14.5 Å². The summed E-state index contributed by atoms with van der Waals surface area (Å²) in [5, 5.41) is 8.81. The van der Waals surface area contributed by atoms with Crippen LogP contribution < -0.4 is 0 Å². The van der Waals surface area contributed by atoms with Crippen molar-refractivity contribution < 1.29 is 14.7 Å². The maximum absolute atomic E-state index is 12.0. The molecule has 1 aliphatic rings. The van der Waals surface area contributed by atoms with Gasteiger partial charge in [-0.25, -0.2) is 4.99 Å². The molecule has 0 radical (unpaired) electrons. The average molecular weight is 278 g/mol. The minimum Gasteiger partial charge on any atom is -0.481 e. The molecule has 1 saturated heterocycles. The number of thioether (sulfide) groups is 1. The fourth-order valence-electron chi connectivity index (χ4n) is 1.79. The lowest BCUT2D eigenvalue weighted by molar-refractivity contribution is -0.139. The van der Waals surface area contributed by atoms with Crippen LogP contribution in [0, 0.1) is 0 Å². The molecule has 5 nitrogen and oxygen atoms in total. The van der Waals surface area contributed by atoms with E-state index in [0.29, 0.717) is 11.7 Å². The number of hydrogen-bond acceptors (Lipinski definition) is 4. The monoisotopic (exact) mass is 278 g/mol. The summed E-state index contributed by atoms with van der Waals surface area (Å²) in [4.78, 5) is 28.7. The number of benzene rings is 1. The number of aliphatic carboxylic acids is 1. The number of carboxylic acid groups (broad SMARTS) is 1. The van der Waals surface area contributed by atoms with Crippen molar-refractivity contribution in [3.63, 3.8) is 0 Å². The maximum Gasteiger partial charge on any atom is 0.305 e. The molecule has 0 spiro atoms. The van der Waals surface area contributed by atoms with Crippen molar-refractivity contribution in [1.29, 1.82) is 0 Å². The number of carbonyl (C=O) groups excluding carboxylic acids is 1. The second kappa shape index (κ2) is 5.88. The first kappa shape index (κ1) is 13.6. The van der Waals surface area contributed by atoms with Gasteiger partial charge in [0.15, 0.2) is 5.17 Å². The predicted molar refractivity (Wildman–Crippen MR) is 74.6 cm³/mol. The Kier molecular flexibility index (Phi) is 4.21. The molecular weight excluding hydrogens is 264 g/mol. The lowest BCUT2D eigenvalue weighted by atomic mass is 10.3. The number of para-hydroxylation sites is 1. The SMILES string of the molecule is CCN1C(=O)[C@H](CC(=O)O)SC1=Nc1ccccc1. The van der Waals surface area contributed by atoms with Crippen molar-refractivity contribution >= 4 is 34.5 Å². The number of amidine groups is 1. The van der Waals surface area contributed by atoms with Crippen molar-refractivity contribution in [1.82, 2.24) is 4.90 Å². The van der Waals surface area contributed by atoms with E-state index < -0.39 is 11.2 Å². The Morgan fingerprint density at radius 1 is 1.42 bits per heavy atom. The van der Waals surface area contributed by atoms with Crippen LogP contribution in [0.5, 0.6) is 0 Å². The average Bonchev–Trinajstić information content (AvgIpc) is 2.66. The van der Waals surface area contributed by atoms with Crippen LogP contribution in [0.2, 0.25) is 0 Å². The second-order valence-electron chi connectivity index (χ2n) is 4.02. The molecule has 100 valence electrons.